The molecule has 0 radical (unpaired) electrons. The van der Waals surface area contributed by atoms with Crippen molar-refractivity contribution in [2.45, 2.75) is 83.0 Å². The van der Waals surface area contributed by atoms with E-state index in [1.54, 1.807) is 28.6 Å². The van der Waals surface area contributed by atoms with Crippen molar-refractivity contribution < 1.29 is 27.8 Å². The third kappa shape index (κ3) is 6.34. The van der Waals surface area contributed by atoms with Crippen LogP contribution in [-0.2, 0) is 28.9 Å². The van der Waals surface area contributed by atoms with Crippen LogP contribution >= 0.6 is 11.6 Å². The van der Waals surface area contributed by atoms with Gasteiger partial charge in [0, 0.05) is 68.7 Å². The molecule has 2 saturated heterocycles. The van der Waals surface area contributed by atoms with Crippen LogP contribution in [0.5, 0.6) is 5.88 Å². The molecular formula is C27H33ClF2N4O4. The van der Waals surface area contributed by atoms with E-state index in [-0.39, 0.29) is 48.4 Å². The van der Waals surface area contributed by atoms with Crippen LogP contribution in [-0.4, -0.2) is 69.2 Å². The first kappa shape index (κ1) is 27.0. The second-order valence-electron chi connectivity index (χ2n) is 10.7. The molecule has 2 aromatic heterocycles. The van der Waals surface area contributed by atoms with Crippen molar-refractivity contribution >= 4 is 23.3 Å². The number of piperidine rings is 1. The molecule has 1 amide bonds. The van der Waals surface area contributed by atoms with Gasteiger partial charge in [-0.05, 0) is 38.2 Å². The first-order chi connectivity index (χ1) is 18.2. The standard InChI is InChI=1S/C27H33ClF2N4O4/c1-17(35)12-18-5-9-33(10-6-18)26(36)25-22-14-27(29,30)8-4-23(22)34(32-25)16-21-13-20(7-11-37-21)38-24-3-2-19(28)15-31-24/h2-3,15,18,20-21H,4-14,16H2,1H3/t20-,21?/m0/s1. The highest BCUT2D eigenvalue weighted by atomic mass is 35.5. The van der Waals surface area contributed by atoms with Crippen LogP contribution in [0, 0.1) is 5.92 Å². The Hall–Kier alpha value is -2.59. The van der Waals surface area contributed by atoms with Crippen molar-refractivity contribution in [2.75, 3.05) is 19.7 Å². The van der Waals surface area contributed by atoms with Crippen molar-refractivity contribution in [3.8, 4) is 5.88 Å². The molecule has 0 bridgehead atoms. The molecule has 8 nitrogen and oxygen atoms in total. The van der Waals surface area contributed by atoms with Gasteiger partial charge in [-0.3, -0.25) is 9.48 Å². The molecule has 0 aromatic carbocycles. The van der Waals surface area contributed by atoms with E-state index in [9.17, 15) is 18.4 Å². The largest absolute Gasteiger partial charge is 0.474 e. The Morgan fingerprint density at radius 1 is 1.24 bits per heavy atom. The minimum Gasteiger partial charge on any atom is -0.474 e. The number of rotatable bonds is 7. The number of hydrogen-bond donors (Lipinski definition) is 0. The zero-order valence-electron chi connectivity index (χ0n) is 21.5. The van der Waals surface area contributed by atoms with Crippen LogP contribution < -0.4 is 4.74 Å². The second kappa shape index (κ2) is 11.3. The second-order valence-corrected chi connectivity index (χ2v) is 11.1. The van der Waals surface area contributed by atoms with Gasteiger partial charge < -0.3 is 19.2 Å². The smallest absolute Gasteiger partial charge is 0.274 e. The van der Waals surface area contributed by atoms with E-state index in [4.69, 9.17) is 21.1 Å². The van der Waals surface area contributed by atoms with E-state index in [1.165, 1.54) is 6.20 Å². The number of ketones is 1. The summed E-state index contributed by atoms with van der Waals surface area (Å²) >= 11 is 5.91. The molecular weight excluding hydrogens is 518 g/mol. The number of carbonyl (C=O) groups excluding carboxylic acids is 2. The number of fused-ring (bicyclic) bond motifs is 1. The molecule has 206 valence electrons. The Bertz CT molecular complexity index is 1160. The molecule has 1 unspecified atom stereocenters. The van der Waals surface area contributed by atoms with E-state index in [0.717, 1.165) is 12.8 Å². The third-order valence-corrected chi connectivity index (χ3v) is 7.92. The van der Waals surface area contributed by atoms with Gasteiger partial charge in [-0.25, -0.2) is 13.8 Å². The first-order valence-corrected chi connectivity index (χ1v) is 13.7. The molecule has 2 fully saturated rings. The number of halogens is 3. The summed E-state index contributed by atoms with van der Waals surface area (Å²) in [7, 11) is 0. The van der Waals surface area contributed by atoms with Crippen molar-refractivity contribution in [3.05, 3.63) is 40.3 Å². The number of nitrogens with zero attached hydrogens (tertiary/aromatic N) is 4. The van der Waals surface area contributed by atoms with Crippen LogP contribution in [0.3, 0.4) is 0 Å². The van der Waals surface area contributed by atoms with Crippen molar-refractivity contribution in [3.63, 3.8) is 0 Å². The summed E-state index contributed by atoms with van der Waals surface area (Å²) in [5, 5.41) is 5.13. The van der Waals surface area contributed by atoms with E-state index in [2.05, 4.69) is 10.1 Å². The molecule has 5 rings (SSSR count). The highest BCUT2D eigenvalue weighted by Gasteiger charge is 2.41. The summed E-state index contributed by atoms with van der Waals surface area (Å²) in [5.74, 6) is -2.28. The monoisotopic (exact) mass is 550 g/mol. The third-order valence-electron chi connectivity index (χ3n) is 7.69. The Labute approximate surface area is 225 Å². The van der Waals surface area contributed by atoms with Crippen LogP contribution in [0.2, 0.25) is 5.02 Å². The number of Topliss-reactive ketones (excluding diaryl/α,β-unsaturated/α-hetero) is 1. The van der Waals surface area contributed by atoms with Crippen molar-refractivity contribution in [2.24, 2.45) is 5.92 Å². The highest BCUT2D eigenvalue weighted by molar-refractivity contribution is 6.30. The van der Waals surface area contributed by atoms with E-state index >= 15 is 0 Å². The predicted molar refractivity (Wildman–Crippen MR) is 136 cm³/mol. The zero-order valence-corrected chi connectivity index (χ0v) is 22.3. The van der Waals surface area contributed by atoms with Crippen LogP contribution in [0.1, 0.15) is 67.2 Å². The fourth-order valence-corrected chi connectivity index (χ4v) is 5.85. The minimum absolute atomic E-state index is 0.115. The molecule has 38 heavy (non-hydrogen) atoms. The SMILES string of the molecule is CC(=O)CC1CCN(C(=O)c2nn(CC3C[C@@H](Oc4ccc(Cl)cn4)CCO3)c3c2CC(F)(F)CC3)CC1. The molecule has 1 aliphatic carbocycles. The maximum absolute atomic E-state index is 14.4. The summed E-state index contributed by atoms with van der Waals surface area (Å²) in [4.78, 5) is 30.8. The lowest BCUT2D eigenvalue weighted by Crippen LogP contribution is -2.39. The Morgan fingerprint density at radius 2 is 2.03 bits per heavy atom. The van der Waals surface area contributed by atoms with Gasteiger partial charge in [-0.1, -0.05) is 11.6 Å². The predicted octanol–water partition coefficient (Wildman–Crippen LogP) is 4.51. The molecule has 2 aliphatic heterocycles. The van der Waals surface area contributed by atoms with Gasteiger partial charge in [-0.15, -0.1) is 0 Å². The number of aromatic nitrogens is 3. The van der Waals surface area contributed by atoms with Crippen LogP contribution in [0.15, 0.2) is 18.3 Å². The van der Waals surface area contributed by atoms with E-state index < -0.39 is 12.3 Å². The molecule has 2 atom stereocenters. The summed E-state index contributed by atoms with van der Waals surface area (Å²) in [5.41, 5.74) is 1.17. The summed E-state index contributed by atoms with van der Waals surface area (Å²) in [6, 6.07) is 3.44. The molecule has 3 aliphatic rings. The van der Waals surface area contributed by atoms with Gasteiger partial charge in [0.1, 0.15) is 11.9 Å². The van der Waals surface area contributed by atoms with E-state index in [0.29, 0.717) is 67.7 Å². The Kier molecular flexibility index (Phi) is 8.00. The normalized spacial score (nSPS) is 23.6. The lowest BCUT2D eigenvalue weighted by molar-refractivity contribution is -0.118. The fourth-order valence-electron chi connectivity index (χ4n) is 5.74. The average Bonchev–Trinajstić information content (AvgIpc) is 3.21. The number of ether oxygens (including phenoxy) is 2. The highest BCUT2D eigenvalue weighted by Crippen LogP contribution is 2.36. The molecule has 0 spiro atoms. The van der Waals surface area contributed by atoms with Crippen LogP contribution in [0.4, 0.5) is 8.78 Å². The van der Waals surface area contributed by atoms with Gasteiger partial charge in [0.2, 0.25) is 5.88 Å². The van der Waals surface area contributed by atoms with Gasteiger partial charge >= 0.3 is 0 Å². The number of carbonyl (C=O) groups is 2. The average molecular weight is 551 g/mol. The topological polar surface area (TPSA) is 86.6 Å². The lowest BCUT2D eigenvalue weighted by Gasteiger charge is -2.31. The van der Waals surface area contributed by atoms with Crippen LogP contribution in [0.25, 0.3) is 0 Å². The van der Waals surface area contributed by atoms with Gasteiger partial charge in [0.05, 0.1) is 24.3 Å². The molecule has 11 heteroatoms. The maximum atomic E-state index is 14.4. The summed E-state index contributed by atoms with van der Waals surface area (Å²) < 4.78 is 42.6. The first-order valence-electron chi connectivity index (χ1n) is 13.3. The Morgan fingerprint density at radius 3 is 2.74 bits per heavy atom. The lowest BCUT2D eigenvalue weighted by atomic mass is 9.90. The number of hydrogen-bond acceptors (Lipinski definition) is 6. The molecule has 0 N–H and O–H groups in total. The van der Waals surface area contributed by atoms with Crippen molar-refractivity contribution in [1.82, 2.24) is 19.7 Å². The van der Waals surface area contributed by atoms with E-state index in [1.807, 2.05) is 0 Å². The van der Waals surface area contributed by atoms with Crippen molar-refractivity contribution in [1.29, 1.82) is 0 Å². The molecule has 4 heterocycles. The molecule has 2 aromatic rings. The fraction of sp³-hybridized carbons (Fsp3) is 0.630. The van der Waals surface area contributed by atoms with Gasteiger partial charge in [0.15, 0.2) is 5.69 Å². The molecule has 0 saturated carbocycles. The number of alkyl halides is 2. The van der Waals surface area contributed by atoms with Gasteiger partial charge in [0.25, 0.3) is 11.8 Å². The Balaban J connectivity index is 1.30. The minimum atomic E-state index is -2.86. The number of pyridine rings is 1. The summed E-state index contributed by atoms with van der Waals surface area (Å²) in [6.45, 7) is 3.42. The number of likely N-dealkylation sites (tertiary alicyclic amines) is 1. The summed E-state index contributed by atoms with van der Waals surface area (Å²) in [6.07, 6.45) is 3.84. The van der Waals surface area contributed by atoms with Gasteiger partial charge in [-0.2, -0.15) is 5.10 Å². The quantitative estimate of drug-likeness (QED) is 0.504. The number of amides is 1. The zero-order chi connectivity index (χ0) is 26.9. The maximum Gasteiger partial charge on any atom is 0.274 e.